The third-order valence-corrected chi connectivity index (χ3v) is 4.40. The smallest absolute Gasteiger partial charge is 0.0175 e. The summed E-state index contributed by atoms with van der Waals surface area (Å²) in [6.07, 6.45) is 3.91. The second kappa shape index (κ2) is 5.27. The minimum absolute atomic E-state index is 0.807. The maximum Gasteiger partial charge on any atom is 0.0175 e. The van der Waals surface area contributed by atoms with E-state index in [2.05, 4.69) is 70.5 Å². The minimum Gasteiger partial charge on any atom is -0.0622 e. The fraction of sp³-hybridized carbons (Fsp3) is 0.294. The molecule has 0 nitrogen and oxygen atoms in total. The molecule has 2 atom stereocenters. The van der Waals surface area contributed by atoms with Crippen LogP contribution in [0, 0.1) is 5.92 Å². The van der Waals surface area contributed by atoms with Gasteiger partial charge in [-0.3, -0.25) is 0 Å². The Bertz CT molecular complexity index is 501. The molecular formula is C17H17Br. The zero-order chi connectivity index (χ0) is 12.4. The molecule has 2 aromatic rings. The molecule has 0 radical (unpaired) electrons. The van der Waals surface area contributed by atoms with E-state index in [-0.39, 0.29) is 0 Å². The van der Waals surface area contributed by atoms with E-state index in [9.17, 15) is 0 Å². The third-order valence-electron chi connectivity index (χ3n) is 3.87. The van der Waals surface area contributed by atoms with E-state index in [1.54, 1.807) is 0 Å². The summed E-state index contributed by atoms with van der Waals surface area (Å²) in [5, 5.41) is 0. The number of halogens is 1. The fourth-order valence-electron chi connectivity index (χ4n) is 2.68. The lowest BCUT2D eigenvalue weighted by Gasteiger charge is -2.02. The molecule has 0 aliphatic heterocycles. The maximum absolute atomic E-state index is 3.49. The summed E-state index contributed by atoms with van der Waals surface area (Å²) in [6.45, 7) is 0. The van der Waals surface area contributed by atoms with Crippen molar-refractivity contribution in [1.29, 1.82) is 0 Å². The molecule has 0 aromatic heterocycles. The van der Waals surface area contributed by atoms with Crippen molar-refractivity contribution >= 4 is 15.9 Å². The summed E-state index contributed by atoms with van der Waals surface area (Å²) in [5.41, 5.74) is 2.98. The highest BCUT2D eigenvalue weighted by Gasteiger charge is 2.37. The largest absolute Gasteiger partial charge is 0.0622 e. The zero-order valence-electron chi connectivity index (χ0n) is 10.4. The van der Waals surface area contributed by atoms with Crippen LogP contribution in [0.5, 0.6) is 0 Å². The predicted octanol–water partition coefficient (Wildman–Crippen LogP) is 5.19. The van der Waals surface area contributed by atoms with Crippen LogP contribution in [-0.2, 0) is 6.42 Å². The van der Waals surface area contributed by atoms with Crippen LogP contribution < -0.4 is 0 Å². The SMILES string of the molecule is Brc1ccc(C2CC2CCc2ccccc2)cc1. The van der Waals surface area contributed by atoms with Gasteiger partial charge in [-0.1, -0.05) is 58.4 Å². The molecule has 1 aliphatic rings. The van der Waals surface area contributed by atoms with Gasteiger partial charge < -0.3 is 0 Å². The summed E-state index contributed by atoms with van der Waals surface area (Å²) in [6, 6.07) is 19.7. The van der Waals surface area contributed by atoms with Crippen LogP contribution in [0.1, 0.15) is 29.9 Å². The van der Waals surface area contributed by atoms with E-state index in [0.717, 1.165) is 11.8 Å². The van der Waals surface area contributed by atoms with E-state index in [1.807, 2.05) is 0 Å². The maximum atomic E-state index is 3.49. The molecule has 2 aromatic carbocycles. The second-order valence-electron chi connectivity index (χ2n) is 5.18. The second-order valence-corrected chi connectivity index (χ2v) is 6.09. The molecule has 0 N–H and O–H groups in total. The van der Waals surface area contributed by atoms with Crippen LogP contribution in [0.25, 0.3) is 0 Å². The summed E-state index contributed by atoms with van der Waals surface area (Å²) < 4.78 is 1.17. The lowest BCUT2D eigenvalue weighted by atomic mass is 10.0. The Morgan fingerprint density at radius 2 is 1.67 bits per heavy atom. The molecule has 1 heteroatoms. The molecule has 1 fully saturated rings. The van der Waals surface area contributed by atoms with Crippen molar-refractivity contribution in [2.24, 2.45) is 5.92 Å². The number of hydrogen-bond acceptors (Lipinski definition) is 0. The van der Waals surface area contributed by atoms with Crippen molar-refractivity contribution in [2.75, 3.05) is 0 Å². The van der Waals surface area contributed by atoms with Crippen molar-refractivity contribution in [2.45, 2.75) is 25.2 Å². The Kier molecular flexibility index (Phi) is 3.51. The average molecular weight is 301 g/mol. The third kappa shape index (κ3) is 2.84. The first-order valence-corrected chi connectivity index (χ1v) is 7.41. The summed E-state index contributed by atoms with van der Waals surface area (Å²) in [5.74, 6) is 1.70. The molecule has 0 spiro atoms. The van der Waals surface area contributed by atoms with Gasteiger partial charge in [0.25, 0.3) is 0 Å². The van der Waals surface area contributed by atoms with Gasteiger partial charge in [-0.15, -0.1) is 0 Å². The summed E-state index contributed by atoms with van der Waals surface area (Å²) in [4.78, 5) is 0. The molecule has 18 heavy (non-hydrogen) atoms. The van der Waals surface area contributed by atoms with Gasteiger partial charge in [-0.2, -0.15) is 0 Å². The predicted molar refractivity (Wildman–Crippen MR) is 79.8 cm³/mol. The quantitative estimate of drug-likeness (QED) is 0.729. The number of benzene rings is 2. The van der Waals surface area contributed by atoms with E-state index < -0.39 is 0 Å². The lowest BCUT2D eigenvalue weighted by molar-refractivity contribution is 0.703. The molecule has 3 rings (SSSR count). The Labute approximate surface area is 117 Å². The molecule has 0 amide bonds. The van der Waals surface area contributed by atoms with Gasteiger partial charge in [0.2, 0.25) is 0 Å². The van der Waals surface area contributed by atoms with Crippen molar-refractivity contribution < 1.29 is 0 Å². The zero-order valence-corrected chi connectivity index (χ0v) is 11.9. The van der Waals surface area contributed by atoms with Crippen LogP contribution in [0.3, 0.4) is 0 Å². The normalized spacial score (nSPS) is 21.8. The molecule has 2 unspecified atom stereocenters. The molecule has 0 bridgehead atoms. The molecule has 1 saturated carbocycles. The average Bonchev–Trinajstić information content (AvgIpc) is 3.18. The Balaban J connectivity index is 1.54. The van der Waals surface area contributed by atoms with E-state index in [0.29, 0.717) is 0 Å². The standard InChI is InChI=1S/C17H17Br/c18-16-10-8-14(9-11-16)17-12-15(17)7-6-13-4-2-1-3-5-13/h1-5,8-11,15,17H,6-7,12H2. The minimum atomic E-state index is 0.807. The van der Waals surface area contributed by atoms with Gasteiger partial charge in [-0.05, 0) is 54.4 Å². The fourth-order valence-corrected chi connectivity index (χ4v) is 2.95. The Morgan fingerprint density at radius 3 is 2.39 bits per heavy atom. The van der Waals surface area contributed by atoms with Gasteiger partial charge in [0.1, 0.15) is 0 Å². The number of rotatable bonds is 4. The number of hydrogen-bond donors (Lipinski definition) is 0. The van der Waals surface area contributed by atoms with E-state index in [4.69, 9.17) is 0 Å². The van der Waals surface area contributed by atoms with Crippen molar-refractivity contribution in [3.8, 4) is 0 Å². The van der Waals surface area contributed by atoms with Crippen LogP contribution in [-0.4, -0.2) is 0 Å². The molecule has 1 aliphatic carbocycles. The van der Waals surface area contributed by atoms with Crippen molar-refractivity contribution in [3.63, 3.8) is 0 Å². The highest BCUT2D eigenvalue weighted by Crippen LogP contribution is 2.50. The topological polar surface area (TPSA) is 0 Å². The van der Waals surface area contributed by atoms with Crippen LogP contribution in [0.4, 0.5) is 0 Å². The molecule has 92 valence electrons. The Morgan fingerprint density at radius 1 is 0.944 bits per heavy atom. The highest BCUT2D eigenvalue weighted by molar-refractivity contribution is 9.10. The van der Waals surface area contributed by atoms with Crippen LogP contribution in [0.2, 0.25) is 0 Å². The van der Waals surface area contributed by atoms with Gasteiger partial charge in [0, 0.05) is 4.47 Å². The summed E-state index contributed by atoms with van der Waals surface area (Å²) in [7, 11) is 0. The molecule has 0 heterocycles. The van der Waals surface area contributed by atoms with Crippen LogP contribution in [0.15, 0.2) is 59.1 Å². The van der Waals surface area contributed by atoms with Crippen molar-refractivity contribution in [1.82, 2.24) is 0 Å². The Hall–Kier alpha value is -1.08. The number of aryl methyl sites for hydroxylation is 1. The van der Waals surface area contributed by atoms with E-state index >= 15 is 0 Å². The highest BCUT2D eigenvalue weighted by atomic mass is 79.9. The van der Waals surface area contributed by atoms with Crippen molar-refractivity contribution in [3.05, 3.63) is 70.2 Å². The van der Waals surface area contributed by atoms with Gasteiger partial charge in [0.05, 0.1) is 0 Å². The van der Waals surface area contributed by atoms with Crippen LogP contribution >= 0.6 is 15.9 Å². The first-order chi connectivity index (χ1) is 8.83. The summed E-state index contributed by atoms with van der Waals surface area (Å²) >= 11 is 3.49. The van der Waals surface area contributed by atoms with Gasteiger partial charge in [0.15, 0.2) is 0 Å². The first kappa shape index (κ1) is 12.0. The molecule has 0 saturated heterocycles. The van der Waals surface area contributed by atoms with Gasteiger partial charge in [-0.25, -0.2) is 0 Å². The lowest BCUT2D eigenvalue weighted by Crippen LogP contribution is -1.88. The van der Waals surface area contributed by atoms with Gasteiger partial charge >= 0.3 is 0 Å². The van der Waals surface area contributed by atoms with E-state index in [1.165, 1.54) is 34.9 Å². The monoisotopic (exact) mass is 300 g/mol. The first-order valence-electron chi connectivity index (χ1n) is 6.62. The molecular weight excluding hydrogens is 284 g/mol.